The second-order valence-corrected chi connectivity index (χ2v) is 7.10. The third kappa shape index (κ3) is 5.51. The molecule has 0 saturated carbocycles. The van der Waals surface area contributed by atoms with Crippen LogP contribution in [0.25, 0.3) is 0 Å². The topological polar surface area (TPSA) is 54.4 Å². The first kappa shape index (κ1) is 21.6. The van der Waals surface area contributed by atoms with Crippen molar-refractivity contribution in [2.24, 2.45) is 0 Å². The molecule has 0 amide bonds. The fourth-order valence-electron chi connectivity index (χ4n) is 3.57. The van der Waals surface area contributed by atoms with Gasteiger partial charge in [0.25, 0.3) is 0 Å². The monoisotopic (exact) mass is 424 g/mol. The third-order valence-corrected chi connectivity index (χ3v) is 5.05. The number of aliphatic hydroxyl groups excluding tert-OH is 1. The average Bonchev–Trinajstić information content (AvgIpc) is 3.17. The van der Waals surface area contributed by atoms with Crippen molar-refractivity contribution in [3.05, 3.63) is 53.8 Å². The number of β-amino-alcohol motifs (C(OH)–C–C–N with tert-alkyl or cyclic N) is 1. The van der Waals surface area contributed by atoms with Gasteiger partial charge in [-0.2, -0.15) is 0 Å². The summed E-state index contributed by atoms with van der Waals surface area (Å²) in [6.45, 7) is 4.53. The van der Waals surface area contributed by atoms with Crippen molar-refractivity contribution in [3.8, 4) is 11.5 Å². The molecule has 1 saturated heterocycles. The van der Waals surface area contributed by atoms with E-state index in [1.807, 2.05) is 35.2 Å². The highest BCUT2D eigenvalue weighted by Crippen LogP contribution is 2.32. The molecule has 0 radical (unpaired) electrons. The maximum atomic E-state index is 13.9. The quantitative estimate of drug-likeness (QED) is 0.737. The van der Waals surface area contributed by atoms with Gasteiger partial charge in [-0.05, 0) is 29.8 Å². The van der Waals surface area contributed by atoms with Gasteiger partial charge in [-0.3, -0.25) is 4.90 Å². The van der Waals surface area contributed by atoms with Gasteiger partial charge in [0, 0.05) is 32.7 Å². The van der Waals surface area contributed by atoms with Crippen LogP contribution in [0.1, 0.15) is 5.56 Å². The smallest absolute Gasteiger partial charge is 0.231 e. The molecule has 158 valence electrons. The maximum Gasteiger partial charge on any atom is 0.231 e. The molecule has 8 heteroatoms. The first-order chi connectivity index (χ1) is 13.7. The molecule has 1 N–H and O–H groups in total. The SMILES string of the molecule is Cl.OC(COCc1ccc2c(c1)OCO2)CN1CCN(c2ccccc2F)CC1. The van der Waals surface area contributed by atoms with Crippen LogP contribution >= 0.6 is 12.4 Å². The fraction of sp³-hybridized carbons (Fsp3) is 0.429. The minimum absolute atomic E-state index is 0. The average molecular weight is 425 g/mol. The zero-order valence-electron chi connectivity index (χ0n) is 16.1. The number of fused-ring (bicyclic) bond motifs is 1. The Morgan fingerprint density at radius 3 is 2.59 bits per heavy atom. The Balaban J connectivity index is 0.00000240. The number of hydrogen-bond donors (Lipinski definition) is 1. The Labute approximate surface area is 176 Å². The van der Waals surface area contributed by atoms with Crippen LogP contribution in [0.15, 0.2) is 42.5 Å². The van der Waals surface area contributed by atoms with E-state index in [0.29, 0.717) is 18.8 Å². The number of ether oxygens (including phenoxy) is 3. The molecule has 0 bridgehead atoms. The van der Waals surface area contributed by atoms with E-state index in [4.69, 9.17) is 14.2 Å². The van der Waals surface area contributed by atoms with Crippen molar-refractivity contribution in [3.63, 3.8) is 0 Å². The first-order valence-corrected chi connectivity index (χ1v) is 9.55. The van der Waals surface area contributed by atoms with Gasteiger partial charge in [-0.1, -0.05) is 18.2 Å². The van der Waals surface area contributed by atoms with E-state index in [0.717, 1.165) is 43.2 Å². The van der Waals surface area contributed by atoms with E-state index >= 15 is 0 Å². The summed E-state index contributed by atoms with van der Waals surface area (Å²) in [5.41, 5.74) is 1.63. The van der Waals surface area contributed by atoms with Gasteiger partial charge >= 0.3 is 0 Å². The molecule has 2 aliphatic heterocycles. The van der Waals surface area contributed by atoms with E-state index in [9.17, 15) is 9.50 Å². The van der Waals surface area contributed by atoms with Crippen LogP contribution in [-0.4, -0.2) is 62.2 Å². The summed E-state index contributed by atoms with van der Waals surface area (Å²) in [5.74, 6) is 1.29. The minimum Gasteiger partial charge on any atom is -0.454 e. The van der Waals surface area contributed by atoms with Crippen molar-refractivity contribution in [1.29, 1.82) is 0 Å². The summed E-state index contributed by atoms with van der Waals surface area (Å²) in [4.78, 5) is 4.24. The van der Waals surface area contributed by atoms with Crippen LogP contribution in [0, 0.1) is 5.82 Å². The Kier molecular flexibility index (Phi) is 7.55. The summed E-state index contributed by atoms with van der Waals surface area (Å²) in [7, 11) is 0. The molecular formula is C21H26ClFN2O4. The lowest BCUT2D eigenvalue weighted by molar-refractivity contribution is 0.00909. The van der Waals surface area contributed by atoms with Gasteiger partial charge in [-0.15, -0.1) is 12.4 Å². The number of anilines is 1. The minimum atomic E-state index is -0.561. The Morgan fingerprint density at radius 2 is 1.79 bits per heavy atom. The lowest BCUT2D eigenvalue weighted by Gasteiger charge is -2.36. The molecule has 1 fully saturated rings. The predicted octanol–water partition coefficient (Wildman–Crippen LogP) is 2.68. The third-order valence-electron chi connectivity index (χ3n) is 5.05. The molecule has 29 heavy (non-hydrogen) atoms. The Morgan fingerprint density at radius 1 is 1.03 bits per heavy atom. The van der Waals surface area contributed by atoms with Crippen LogP contribution in [0.5, 0.6) is 11.5 Å². The van der Waals surface area contributed by atoms with Gasteiger partial charge in [0.05, 0.1) is 25.0 Å². The Bertz CT molecular complexity index is 802. The van der Waals surface area contributed by atoms with Gasteiger partial charge in [-0.25, -0.2) is 4.39 Å². The van der Waals surface area contributed by atoms with Crippen LogP contribution in [-0.2, 0) is 11.3 Å². The zero-order chi connectivity index (χ0) is 19.3. The largest absolute Gasteiger partial charge is 0.454 e. The Hall–Kier alpha value is -2.06. The van der Waals surface area contributed by atoms with Crippen molar-refractivity contribution in [2.45, 2.75) is 12.7 Å². The summed E-state index contributed by atoms with van der Waals surface area (Å²) >= 11 is 0. The van der Waals surface area contributed by atoms with Crippen LogP contribution < -0.4 is 14.4 Å². The van der Waals surface area contributed by atoms with E-state index in [1.165, 1.54) is 6.07 Å². The molecule has 2 aliphatic rings. The molecular weight excluding hydrogens is 399 g/mol. The molecule has 2 aromatic carbocycles. The second-order valence-electron chi connectivity index (χ2n) is 7.10. The predicted molar refractivity (Wildman–Crippen MR) is 111 cm³/mol. The van der Waals surface area contributed by atoms with Gasteiger partial charge in [0.2, 0.25) is 6.79 Å². The number of nitrogens with zero attached hydrogens (tertiary/aromatic N) is 2. The van der Waals surface area contributed by atoms with Crippen molar-refractivity contribution < 1.29 is 23.7 Å². The lowest BCUT2D eigenvalue weighted by atomic mass is 10.2. The van der Waals surface area contributed by atoms with Crippen LogP contribution in [0.3, 0.4) is 0 Å². The number of benzene rings is 2. The highest BCUT2D eigenvalue weighted by Gasteiger charge is 2.21. The number of hydrogen-bond acceptors (Lipinski definition) is 6. The molecule has 6 nitrogen and oxygen atoms in total. The number of piperazine rings is 1. The first-order valence-electron chi connectivity index (χ1n) is 9.55. The van der Waals surface area contributed by atoms with E-state index in [2.05, 4.69) is 4.90 Å². The van der Waals surface area contributed by atoms with Crippen LogP contribution in [0.4, 0.5) is 10.1 Å². The molecule has 4 rings (SSSR count). The van der Waals surface area contributed by atoms with Crippen molar-refractivity contribution in [1.82, 2.24) is 4.90 Å². The van der Waals surface area contributed by atoms with Gasteiger partial charge in [0.15, 0.2) is 11.5 Å². The highest BCUT2D eigenvalue weighted by molar-refractivity contribution is 5.85. The van der Waals surface area contributed by atoms with Gasteiger partial charge in [0.1, 0.15) is 5.82 Å². The molecule has 2 aromatic rings. The molecule has 0 spiro atoms. The van der Waals surface area contributed by atoms with E-state index < -0.39 is 6.10 Å². The van der Waals surface area contributed by atoms with Gasteiger partial charge < -0.3 is 24.2 Å². The molecule has 0 aliphatic carbocycles. The number of aliphatic hydroxyl groups is 1. The zero-order valence-corrected chi connectivity index (χ0v) is 16.9. The molecule has 2 heterocycles. The summed E-state index contributed by atoms with van der Waals surface area (Å²) in [6.07, 6.45) is -0.561. The van der Waals surface area contributed by atoms with Crippen molar-refractivity contribution in [2.75, 3.05) is 51.0 Å². The highest BCUT2D eigenvalue weighted by atomic mass is 35.5. The van der Waals surface area contributed by atoms with E-state index in [-0.39, 0.29) is 31.6 Å². The standard InChI is InChI=1S/C21H25FN2O4.ClH/c22-18-3-1-2-4-19(18)24-9-7-23(8-10-24)12-17(25)14-26-13-16-5-6-20-21(11-16)28-15-27-20;/h1-6,11,17,25H,7-10,12-15H2;1H. The number of rotatable bonds is 7. The maximum absolute atomic E-state index is 13.9. The normalized spacial score (nSPS) is 17.1. The van der Waals surface area contributed by atoms with Crippen LogP contribution in [0.2, 0.25) is 0 Å². The number of halogens is 2. The lowest BCUT2D eigenvalue weighted by Crippen LogP contribution is -2.49. The molecule has 1 unspecified atom stereocenters. The van der Waals surface area contributed by atoms with E-state index in [1.54, 1.807) is 6.07 Å². The summed E-state index contributed by atoms with van der Waals surface area (Å²) in [6, 6.07) is 12.6. The summed E-state index contributed by atoms with van der Waals surface area (Å²) < 4.78 is 30.2. The molecule has 1 atom stereocenters. The fourth-order valence-corrected chi connectivity index (χ4v) is 3.57. The summed E-state index contributed by atoms with van der Waals surface area (Å²) in [5, 5.41) is 10.3. The second kappa shape index (κ2) is 10.1. The van der Waals surface area contributed by atoms with Crippen molar-refractivity contribution >= 4 is 18.1 Å². The number of para-hydroxylation sites is 1. The molecule has 0 aromatic heterocycles.